The maximum absolute atomic E-state index is 8.82. The molecule has 2 aromatic rings. The van der Waals surface area contributed by atoms with Gasteiger partial charge in [-0.2, -0.15) is 5.26 Å². The van der Waals surface area contributed by atoms with Crippen molar-refractivity contribution in [2.24, 2.45) is 0 Å². The largest absolute Gasteiger partial charge is 0.353 e. The summed E-state index contributed by atoms with van der Waals surface area (Å²) in [5, 5.41) is 12.8. The van der Waals surface area contributed by atoms with E-state index in [1.54, 1.807) is 12.1 Å². The van der Waals surface area contributed by atoms with E-state index in [9.17, 15) is 0 Å². The Kier molecular flexibility index (Phi) is 3.90. The maximum Gasteiger partial charge on any atom is 0.0992 e. The van der Waals surface area contributed by atoms with Gasteiger partial charge in [-0.3, -0.25) is 0 Å². The number of hydrogen-bond donors (Lipinski definition) is 1. The van der Waals surface area contributed by atoms with Crippen LogP contribution in [-0.2, 0) is 0 Å². The summed E-state index contributed by atoms with van der Waals surface area (Å²) < 4.78 is 0.834. The first kappa shape index (κ1) is 12.9. The quantitative estimate of drug-likeness (QED) is 0.842. The summed E-state index contributed by atoms with van der Waals surface area (Å²) in [5.41, 5.74) is 3.44. The number of rotatable bonds is 2. The van der Waals surface area contributed by atoms with Crippen molar-refractivity contribution in [3.63, 3.8) is 0 Å². The molecule has 0 spiro atoms. The number of para-hydroxylation sites is 1. The average molecular weight is 322 g/mol. The van der Waals surface area contributed by atoms with Crippen molar-refractivity contribution < 1.29 is 0 Å². The Balaban J connectivity index is 2.38. The van der Waals surface area contributed by atoms with Crippen LogP contribution in [-0.4, -0.2) is 0 Å². The monoisotopic (exact) mass is 320 g/mol. The molecule has 0 radical (unpaired) electrons. The Labute approximate surface area is 119 Å². The Morgan fingerprint density at radius 1 is 1.28 bits per heavy atom. The molecule has 0 aromatic heterocycles. The average Bonchev–Trinajstić information content (AvgIpc) is 2.35. The van der Waals surface area contributed by atoms with Crippen LogP contribution in [0, 0.1) is 18.3 Å². The molecule has 0 aliphatic heterocycles. The van der Waals surface area contributed by atoms with Gasteiger partial charge in [0.1, 0.15) is 0 Å². The molecule has 0 atom stereocenters. The lowest BCUT2D eigenvalue weighted by Gasteiger charge is -2.12. The Hall–Kier alpha value is -1.50. The van der Waals surface area contributed by atoms with Crippen molar-refractivity contribution in [3.05, 3.63) is 57.0 Å². The predicted octanol–water partition coefficient (Wildman–Crippen LogP) is 5.03. The van der Waals surface area contributed by atoms with Crippen LogP contribution in [0.25, 0.3) is 0 Å². The number of aryl methyl sites for hydroxylation is 1. The van der Waals surface area contributed by atoms with Crippen LogP contribution in [0.15, 0.2) is 40.9 Å². The van der Waals surface area contributed by atoms with E-state index in [0.29, 0.717) is 10.6 Å². The lowest BCUT2D eigenvalue weighted by atomic mass is 10.1. The van der Waals surface area contributed by atoms with Gasteiger partial charge in [-0.25, -0.2) is 0 Å². The molecule has 2 rings (SSSR count). The molecule has 0 amide bonds. The molecule has 2 nitrogen and oxygen atoms in total. The first-order valence-corrected chi connectivity index (χ1v) is 6.50. The third-order valence-corrected chi connectivity index (χ3v) is 3.55. The van der Waals surface area contributed by atoms with E-state index in [1.807, 2.05) is 31.2 Å². The number of benzene rings is 2. The molecule has 0 bridgehead atoms. The fourth-order valence-corrected chi connectivity index (χ4v) is 2.36. The molecule has 0 saturated heterocycles. The van der Waals surface area contributed by atoms with Crippen molar-refractivity contribution in [2.45, 2.75) is 6.92 Å². The van der Waals surface area contributed by atoms with Crippen LogP contribution in [0.2, 0.25) is 5.02 Å². The lowest BCUT2D eigenvalue weighted by molar-refractivity contribution is 1.41. The summed E-state index contributed by atoms with van der Waals surface area (Å²) >= 11 is 9.60. The van der Waals surface area contributed by atoms with E-state index in [2.05, 4.69) is 27.3 Å². The molecule has 0 unspecified atom stereocenters. The van der Waals surface area contributed by atoms with Gasteiger partial charge in [-0.05, 0) is 52.7 Å². The molecule has 0 saturated carbocycles. The molecule has 0 fully saturated rings. The minimum Gasteiger partial charge on any atom is -0.353 e. The van der Waals surface area contributed by atoms with Crippen molar-refractivity contribution in [2.75, 3.05) is 5.32 Å². The van der Waals surface area contributed by atoms with Crippen LogP contribution in [0.1, 0.15) is 11.1 Å². The highest BCUT2D eigenvalue weighted by molar-refractivity contribution is 9.10. The minimum absolute atomic E-state index is 0.614. The fourth-order valence-electron chi connectivity index (χ4n) is 1.61. The van der Waals surface area contributed by atoms with Gasteiger partial charge in [0, 0.05) is 4.47 Å². The number of nitrogens with one attached hydrogen (secondary N) is 1. The van der Waals surface area contributed by atoms with Crippen LogP contribution in [0.3, 0.4) is 0 Å². The summed E-state index contributed by atoms with van der Waals surface area (Å²) in [6.45, 7) is 1.99. The lowest BCUT2D eigenvalue weighted by Crippen LogP contribution is -1.95. The highest BCUT2D eigenvalue weighted by Gasteiger charge is 2.06. The standard InChI is InChI=1S/C14H10BrClN2/c1-9-3-2-4-12(16)14(9)18-13-6-5-10(8-17)7-11(13)15/h2-7,18H,1H3. The van der Waals surface area contributed by atoms with Gasteiger partial charge < -0.3 is 5.32 Å². The zero-order valence-corrected chi connectivity index (χ0v) is 12.0. The number of anilines is 2. The molecular weight excluding hydrogens is 312 g/mol. The summed E-state index contributed by atoms with van der Waals surface area (Å²) in [4.78, 5) is 0. The maximum atomic E-state index is 8.82. The predicted molar refractivity (Wildman–Crippen MR) is 78.3 cm³/mol. The first-order valence-electron chi connectivity index (χ1n) is 5.33. The van der Waals surface area contributed by atoms with Gasteiger partial charge in [0.2, 0.25) is 0 Å². The molecule has 0 heterocycles. The number of halogens is 2. The Morgan fingerprint density at radius 3 is 2.67 bits per heavy atom. The molecule has 2 aromatic carbocycles. The van der Waals surface area contributed by atoms with Gasteiger partial charge >= 0.3 is 0 Å². The molecule has 0 aliphatic rings. The van der Waals surface area contributed by atoms with E-state index in [0.717, 1.165) is 21.4 Å². The molecule has 0 aliphatic carbocycles. The molecule has 18 heavy (non-hydrogen) atoms. The van der Waals surface area contributed by atoms with E-state index >= 15 is 0 Å². The third kappa shape index (κ3) is 2.66. The summed E-state index contributed by atoms with van der Waals surface area (Å²) in [6, 6.07) is 13.2. The van der Waals surface area contributed by atoms with Crippen molar-refractivity contribution >= 4 is 38.9 Å². The van der Waals surface area contributed by atoms with Crippen molar-refractivity contribution in [1.29, 1.82) is 5.26 Å². The van der Waals surface area contributed by atoms with Gasteiger partial charge in [-0.1, -0.05) is 23.7 Å². The van der Waals surface area contributed by atoms with Gasteiger partial charge in [-0.15, -0.1) is 0 Å². The topological polar surface area (TPSA) is 35.8 Å². The van der Waals surface area contributed by atoms with Gasteiger partial charge in [0.15, 0.2) is 0 Å². The van der Waals surface area contributed by atoms with Crippen LogP contribution in [0.4, 0.5) is 11.4 Å². The second kappa shape index (κ2) is 5.43. The van der Waals surface area contributed by atoms with Crippen LogP contribution < -0.4 is 5.32 Å². The number of nitriles is 1. The van der Waals surface area contributed by atoms with Crippen LogP contribution >= 0.6 is 27.5 Å². The van der Waals surface area contributed by atoms with E-state index in [1.165, 1.54) is 0 Å². The Bertz CT molecular complexity index is 612. The highest BCUT2D eigenvalue weighted by Crippen LogP contribution is 2.32. The minimum atomic E-state index is 0.614. The van der Waals surface area contributed by atoms with E-state index in [4.69, 9.17) is 16.9 Å². The van der Waals surface area contributed by atoms with Gasteiger partial charge in [0.25, 0.3) is 0 Å². The van der Waals surface area contributed by atoms with Gasteiger partial charge in [0.05, 0.1) is 28.0 Å². The summed E-state index contributed by atoms with van der Waals surface area (Å²) in [7, 11) is 0. The molecular formula is C14H10BrClN2. The van der Waals surface area contributed by atoms with E-state index in [-0.39, 0.29) is 0 Å². The SMILES string of the molecule is Cc1cccc(Cl)c1Nc1ccc(C#N)cc1Br. The zero-order valence-electron chi connectivity index (χ0n) is 9.67. The number of hydrogen-bond acceptors (Lipinski definition) is 2. The van der Waals surface area contributed by atoms with E-state index < -0.39 is 0 Å². The first-order chi connectivity index (χ1) is 8.61. The van der Waals surface area contributed by atoms with Crippen molar-refractivity contribution in [1.82, 2.24) is 0 Å². The fraction of sp³-hybridized carbons (Fsp3) is 0.0714. The van der Waals surface area contributed by atoms with Crippen LogP contribution in [0.5, 0.6) is 0 Å². The highest BCUT2D eigenvalue weighted by atomic mass is 79.9. The zero-order chi connectivity index (χ0) is 13.1. The number of nitrogens with zero attached hydrogens (tertiary/aromatic N) is 1. The summed E-state index contributed by atoms with van der Waals surface area (Å²) in [5.74, 6) is 0. The normalized spacial score (nSPS) is 9.89. The molecule has 4 heteroatoms. The molecule has 90 valence electrons. The Morgan fingerprint density at radius 2 is 2.06 bits per heavy atom. The van der Waals surface area contributed by atoms with Crippen molar-refractivity contribution in [3.8, 4) is 6.07 Å². The second-order valence-electron chi connectivity index (χ2n) is 3.86. The second-order valence-corrected chi connectivity index (χ2v) is 5.12. The third-order valence-electron chi connectivity index (χ3n) is 2.58. The summed E-state index contributed by atoms with van der Waals surface area (Å²) in [6.07, 6.45) is 0. The smallest absolute Gasteiger partial charge is 0.0992 e. The molecule has 1 N–H and O–H groups in total.